The third-order valence-corrected chi connectivity index (χ3v) is 4.78. The van der Waals surface area contributed by atoms with E-state index in [1.165, 1.54) is 0 Å². The van der Waals surface area contributed by atoms with Crippen LogP contribution in [0.2, 0.25) is 0 Å². The molecule has 6 heteroatoms. The molecule has 2 aromatic heterocycles. The van der Waals surface area contributed by atoms with Crippen LogP contribution in [0.1, 0.15) is 6.92 Å². The first-order valence-electron chi connectivity index (χ1n) is 9.04. The monoisotopic (exact) mass is 349 g/mol. The van der Waals surface area contributed by atoms with Crippen molar-refractivity contribution < 1.29 is 4.74 Å². The van der Waals surface area contributed by atoms with Crippen LogP contribution in [0, 0.1) is 0 Å². The Balaban J connectivity index is 1.60. The summed E-state index contributed by atoms with van der Waals surface area (Å²) in [6, 6.07) is 12.4. The van der Waals surface area contributed by atoms with Gasteiger partial charge in [-0.2, -0.15) is 0 Å². The summed E-state index contributed by atoms with van der Waals surface area (Å²) in [5.74, 6) is 1.59. The maximum atomic E-state index is 5.45. The molecule has 1 N–H and O–H groups in total. The zero-order chi connectivity index (χ0) is 17.8. The number of hydrogen-bond donors (Lipinski definition) is 1. The van der Waals surface area contributed by atoms with Crippen molar-refractivity contribution in [3.8, 4) is 11.4 Å². The third kappa shape index (κ3) is 3.66. The van der Waals surface area contributed by atoms with Gasteiger partial charge in [0.2, 0.25) is 0 Å². The first kappa shape index (κ1) is 16.9. The minimum absolute atomic E-state index is 0.414. The first-order valence-corrected chi connectivity index (χ1v) is 9.04. The Morgan fingerprint density at radius 2 is 1.85 bits per heavy atom. The van der Waals surface area contributed by atoms with E-state index in [9.17, 15) is 0 Å². The molecule has 4 rings (SSSR count). The van der Waals surface area contributed by atoms with E-state index >= 15 is 0 Å². The van der Waals surface area contributed by atoms with E-state index in [1.54, 1.807) is 12.4 Å². The predicted octanol–water partition coefficient (Wildman–Crippen LogP) is 2.82. The number of aromatic nitrogens is 3. The highest BCUT2D eigenvalue weighted by Crippen LogP contribution is 2.24. The maximum Gasteiger partial charge on any atom is 0.162 e. The Labute approximate surface area is 153 Å². The van der Waals surface area contributed by atoms with Crippen molar-refractivity contribution in [1.29, 1.82) is 0 Å². The molecule has 1 aliphatic rings. The van der Waals surface area contributed by atoms with Gasteiger partial charge in [0.1, 0.15) is 5.82 Å². The molecule has 0 bridgehead atoms. The second-order valence-electron chi connectivity index (χ2n) is 6.53. The molecule has 1 fully saturated rings. The molecule has 1 aliphatic heterocycles. The fourth-order valence-electron chi connectivity index (χ4n) is 3.23. The van der Waals surface area contributed by atoms with Gasteiger partial charge in [0, 0.05) is 49.0 Å². The SMILES string of the molecule is CC(CNc1nc(-c2ccncc2)nc2ccccc12)N1CCOCC1. The first-order chi connectivity index (χ1) is 12.8. The van der Waals surface area contributed by atoms with Crippen molar-refractivity contribution in [2.24, 2.45) is 0 Å². The molecule has 0 spiro atoms. The highest BCUT2D eigenvalue weighted by Gasteiger charge is 2.17. The summed E-state index contributed by atoms with van der Waals surface area (Å²) in [6.45, 7) is 6.66. The van der Waals surface area contributed by atoms with Crippen molar-refractivity contribution in [3.05, 3.63) is 48.8 Å². The summed E-state index contributed by atoms with van der Waals surface area (Å²) < 4.78 is 5.45. The van der Waals surface area contributed by atoms with Gasteiger partial charge in [-0.15, -0.1) is 0 Å². The average molecular weight is 349 g/mol. The van der Waals surface area contributed by atoms with Crippen LogP contribution in [0.3, 0.4) is 0 Å². The van der Waals surface area contributed by atoms with Gasteiger partial charge in [0.25, 0.3) is 0 Å². The van der Waals surface area contributed by atoms with E-state index in [0.29, 0.717) is 11.9 Å². The molecule has 3 aromatic rings. The van der Waals surface area contributed by atoms with Gasteiger partial charge in [-0.1, -0.05) is 12.1 Å². The predicted molar refractivity (Wildman–Crippen MR) is 103 cm³/mol. The number of fused-ring (bicyclic) bond motifs is 1. The van der Waals surface area contributed by atoms with Gasteiger partial charge < -0.3 is 10.1 Å². The lowest BCUT2D eigenvalue weighted by Gasteiger charge is -2.32. The number of morpholine rings is 1. The van der Waals surface area contributed by atoms with Crippen LogP contribution < -0.4 is 5.32 Å². The van der Waals surface area contributed by atoms with E-state index in [2.05, 4.69) is 28.2 Å². The van der Waals surface area contributed by atoms with Gasteiger partial charge in [-0.05, 0) is 31.2 Å². The Morgan fingerprint density at radius 1 is 1.08 bits per heavy atom. The molecule has 1 unspecified atom stereocenters. The van der Waals surface area contributed by atoms with Gasteiger partial charge in [0.05, 0.1) is 18.7 Å². The van der Waals surface area contributed by atoms with E-state index in [0.717, 1.165) is 55.1 Å². The lowest BCUT2D eigenvalue weighted by Crippen LogP contribution is -2.45. The van der Waals surface area contributed by atoms with E-state index in [4.69, 9.17) is 14.7 Å². The normalized spacial score (nSPS) is 16.5. The van der Waals surface area contributed by atoms with Crippen molar-refractivity contribution >= 4 is 16.7 Å². The third-order valence-electron chi connectivity index (χ3n) is 4.78. The van der Waals surface area contributed by atoms with E-state index in [-0.39, 0.29) is 0 Å². The number of nitrogens with one attached hydrogen (secondary N) is 1. The van der Waals surface area contributed by atoms with Crippen LogP contribution in [0.4, 0.5) is 5.82 Å². The molecule has 1 aromatic carbocycles. The molecule has 0 radical (unpaired) electrons. The number of anilines is 1. The summed E-state index contributed by atoms with van der Waals surface area (Å²) in [4.78, 5) is 16.0. The van der Waals surface area contributed by atoms with Crippen molar-refractivity contribution in [3.63, 3.8) is 0 Å². The van der Waals surface area contributed by atoms with Gasteiger partial charge >= 0.3 is 0 Å². The fourth-order valence-corrected chi connectivity index (χ4v) is 3.23. The molecule has 26 heavy (non-hydrogen) atoms. The topological polar surface area (TPSA) is 63.2 Å². The highest BCUT2D eigenvalue weighted by atomic mass is 16.5. The minimum atomic E-state index is 0.414. The Kier molecular flexibility index (Phi) is 5.04. The zero-order valence-electron chi connectivity index (χ0n) is 14.9. The number of benzene rings is 1. The lowest BCUT2D eigenvalue weighted by molar-refractivity contribution is 0.0227. The standard InChI is InChI=1S/C20H23N5O/c1-15(25-10-12-26-13-11-25)14-22-20-17-4-2-3-5-18(17)23-19(24-20)16-6-8-21-9-7-16/h2-9,15H,10-14H2,1H3,(H,22,23,24). The smallest absolute Gasteiger partial charge is 0.162 e. The Hall–Kier alpha value is -2.57. The minimum Gasteiger partial charge on any atom is -0.379 e. The Bertz CT molecular complexity index is 864. The van der Waals surface area contributed by atoms with Crippen LogP contribution >= 0.6 is 0 Å². The summed E-state index contributed by atoms with van der Waals surface area (Å²) >= 11 is 0. The number of hydrogen-bond acceptors (Lipinski definition) is 6. The summed E-state index contributed by atoms with van der Waals surface area (Å²) in [5, 5.41) is 4.59. The van der Waals surface area contributed by atoms with Crippen molar-refractivity contribution in [2.45, 2.75) is 13.0 Å². The molecule has 1 atom stereocenters. The quantitative estimate of drug-likeness (QED) is 0.764. The van der Waals surface area contributed by atoms with Gasteiger partial charge in [-0.25, -0.2) is 9.97 Å². The van der Waals surface area contributed by atoms with Crippen LogP contribution in [-0.4, -0.2) is 58.7 Å². The van der Waals surface area contributed by atoms with Crippen LogP contribution in [0.25, 0.3) is 22.3 Å². The molecule has 134 valence electrons. The van der Waals surface area contributed by atoms with E-state index < -0.39 is 0 Å². The molecule has 1 saturated heterocycles. The molecule has 6 nitrogen and oxygen atoms in total. The van der Waals surface area contributed by atoms with E-state index in [1.807, 2.05) is 30.3 Å². The lowest BCUT2D eigenvalue weighted by atomic mass is 10.2. The number of para-hydroxylation sites is 1. The van der Waals surface area contributed by atoms with Crippen molar-refractivity contribution in [2.75, 3.05) is 38.2 Å². The maximum absolute atomic E-state index is 5.45. The largest absolute Gasteiger partial charge is 0.379 e. The molecule has 0 amide bonds. The molecular formula is C20H23N5O. The van der Waals surface area contributed by atoms with Crippen LogP contribution in [0.15, 0.2) is 48.8 Å². The second-order valence-corrected chi connectivity index (χ2v) is 6.53. The van der Waals surface area contributed by atoms with Gasteiger partial charge in [0.15, 0.2) is 5.82 Å². The molecular weight excluding hydrogens is 326 g/mol. The summed E-state index contributed by atoms with van der Waals surface area (Å²) in [5.41, 5.74) is 1.91. The Morgan fingerprint density at radius 3 is 2.65 bits per heavy atom. The molecule has 0 aliphatic carbocycles. The average Bonchev–Trinajstić information content (AvgIpc) is 2.73. The number of rotatable bonds is 5. The summed E-state index contributed by atoms with van der Waals surface area (Å²) in [7, 11) is 0. The highest BCUT2D eigenvalue weighted by molar-refractivity contribution is 5.90. The zero-order valence-corrected chi connectivity index (χ0v) is 14.9. The molecule has 3 heterocycles. The van der Waals surface area contributed by atoms with Crippen molar-refractivity contribution in [1.82, 2.24) is 19.9 Å². The second kappa shape index (κ2) is 7.76. The number of pyridine rings is 1. The van der Waals surface area contributed by atoms with Gasteiger partial charge in [-0.3, -0.25) is 9.88 Å². The van der Waals surface area contributed by atoms with Crippen LogP contribution in [-0.2, 0) is 4.74 Å². The number of ether oxygens (including phenoxy) is 1. The summed E-state index contributed by atoms with van der Waals surface area (Å²) in [6.07, 6.45) is 3.53. The van der Waals surface area contributed by atoms with Crippen LogP contribution in [0.5, 0.6) is 0 Å². The number of nitrogens with zero attached hydrogens (tertiary/aromatic N) is 4. The fraction of sp³-hybridized carbons (Fsp3) is 0.350. The molecule has 0 saturated carbocycles.